The summed E-state index contributed by atoms with van der Waals surface area (Å²) < 4.78 is 13.3. The van der Waals surface area contributed by atoms with Crippen molar-refractivity contribution in [2.75, 3.05) is 71.0 Å². The highest BCUT2D eigenvalue weighted by Crippen LogP contribution is 2.38. The average Bonchev–Trinajstić information content (AvgIpc) is 3.48. The number of hydrogen-bond donors (Lipinski definition) is 1. The normalized spacial score (nSPS) is 11.2. The van der Waals surface area contributed by atoms with Gasteiger partial charge in [0.15, 0.2) is 5.78 Å². The number of aromatic nitrogens is 2. The molecule has 1 heterocycles. The van der Waals surface area contributed by atoms with Gasteiger partial charge in [0.25, 0.3) is 0 Å². The molecule has 50 heavy (non-hydrogen) atoms. The van der Waals surface area contributed by atoms with Gasteiger partial charge < -0.3 is 29.6 Å². The highest BCUT2D eigenvalue weighted by atomic mass is 16.5. The van der Waals surface area contributed by atoms with E-state index in [0.717, 1.165) is 50.8 Å². The van der Waals surface area contributed by atoms with Gasteiger partial charge in [-0.05, 0) is 62.2 Å². The standard InChI is InChI=1S/C42H51N5O3/c1-30-26-31(2)28-36(27-30)42-44-40(34-13-17-37(18-14-34)45(3)4)41(35-15-19-38(20-16-35)46(5)6)47(42)29-32-9-11-33(12-10-32)39(48)8-7-22-49-24-25-50-23-21-43/h9-20,26-28H,7-8,21-25,29,43H2,1-6H3. The lowest BCUT2D eigenvalue weighted by Gasteiger charge is -2.17. The van der Waals surface area contributed by atoms with Gasteiger partial charge in [-0.1, -0.05) is 65.7 Å². The minimum absolute atomic E-state index is 0.114. The van der Waals surface area contributed by atoms with E-state index >= 15 is 0 Å². The molecule has 262 valence electrons. The zero-order chi connectivity index (χ0) is 35.6. The van der Waals surface area contributed by atoms with E-state index in [4.69, 9.17) is 20.2 Å². The van der Waals surface area contributed by atoms with E-state index in [9.17, 15) is 4.79 Å². The van der Waals surface area contributed by atoms with Crippen LogP contribution < -0.4 is 15.5 Å². The number of ketones is 1. The second-order valence-electron chi connectivity index (χ2n) is 13.2. The van der Waals surface area contributed by atoms with E-state index in [2.05, 4.69) is 135 Å². The quantitative estimate of drug-likeness (QED) is 0.0802. The summed E-state index contributed by atoms with van der Waals surface area (Å²) in [6, 6.07) is 31.9. The highest BCUT2D eigenvalue weighted by molar-refractivity contribution is 5.96. The number of imidazole rings is 1. The smallest absolute Gasteiger partial charge is 0.162 e. The van der Waals surface area contributed by atoms with E-state index in [-0.39, 0.29) is 5.78 Å². The molecule has 0 aliphatic heterocycles. The fourth-order valence-corrected chi connectivity index (χ4v) is 6.12. The molecule has 0 fully saturated rings. The number of benzene rings is 4. The molecule has 0 spiro atoms. The minimum Gasteiger partial charge on any atom is -0.379 e. The Balaban J connectivity index is 1.50. The number of carbonyl (C=O) groups is 1. The molecule has 0 aliphatic carbocycles. The molecule has 5 aromatic rings. The van der Waals surface area contributed by atoms with Crippen LogP contribution in [0.5, 0.6) is 0 Å². The van der Waals surface area contributed by atoms with Crippen molar-refractivity contribution in [2.24, 2.45) is 5.73 Å². The summed E-state index contributed by atoms with van der Waals surface area (Å²) in [6.45, 7) is 7.43. The molecule has 8 nitrogen and oxygen atoms in total. The minimum atomic E-state index is 0.114. The Labute approximate surface area is 297 Å². The van der Waals surface area contributed by atoms with Crippen molar-refractivity contribution >= 4 is 17.2 Å². The summed E-state index contributed by atoms with van der Waals surface area (Å²) in [6.07, 6.45) is 1.10. The number of nitrogens with zero attached hydrogens (tertiary/aromatic N) is 4. The number of ether oxygens (including phenoxy) is 2. The summed E-state index contributed by atoms with van der Waals surface area (Å²) >= 11 is 0. The number of nitrogens with two attached hydrogens (primary N) is 1. The number of aryl methyl sites for hydroxylation is 2. The van der Waals surface area contributed by atoms with E-state index in [0.29, 0.717) is 57.9 Å². The Morgan fingerprint density at radius 1 is 0.700 bits per heavy atom. The molecule has 0 unspecified atom stereocenters. The van der Waals surface area contributed by atoms with Crippen LogP contribution in [0.25, 0.3) is 33.9 Å². The van der Waals surface area contributed by atoms with Crippen molar-refractivity contribution in [3.05, 3.63) is 113 Å². The van der Waals surface area contributed by atoms with Gasteiger partial charge in [0.05, 0.1) is 31.2 Å². The van der Waals surface area contributed by atoms with E-state index in [1.807, 2.05) is 12.1 Å². The molecule has 0 atom stereocenters. The first-order chi connectivity index (χ1) is 24.1. The van der Waals surface area contributed by atoms with Crippen LogP contribution in [0.1, 0.15) is 39.9 Å². The van der Waals surface area contributed by atoms with Crippen LogP contribution in [-0.2, 0) is 16.0 Å². The maximum Gasteiger partial charge on any atom is 0.162 e. The van der Waals surface area contributed by atoms with Crippen molar-refractivity contribution in [3.63, 3.8) is 0 Å². The van der Waals surface area contributed by atoms with Gasteiger partial charge >= 0.3 is 0 Å². The van der Waals surface area contributed by atoms with Crippen LogP contribution in [0.3, 0.4) is 0 Å². The third-order valence-corrected chi connectivity index (χ3v) is 8.71. The van der Waals surface area contributed by atoms with Gasteiger partial charge in [0.2, 0.25) is 0 Å². The zero-order valence-corrected chi connectivity index (χ0v) is 30.4. The lowest BCUT2D eigenvalue weighted by atomic mass is 10.0. The first-order valence-electron chi connectivity index (χ1n) is 17.4. The Hall–Kier alpha value is -4.76. The highest BCUT2D eigenvalue weighted by Gasteiger charge is 2.22. The summed E-state index contributed by atoms with van der Waals surface area (Å²) in [5, 5.41) is 0. The molecule has 0 aliphatic rings. The van der Waals surface area contributed by atoms with Crippen molar-refractivity contribution in [1.82, 2.24) is 9.55 Å². The Kier molecular flexibility index (Phi) is 12.6. The van der Waals surface area contributed by atoms with Gasteiger partial charge in [-0.25, -0.2) is 4.98 Å². The SMILES string of the molecule is Cc1cc(C)cc(-c2nc(-c3ccc(N(C)C)cc3)c(-c3ccc(N(C)C)cc3)n2Cc2ccc(C(=O)CCCOCCOCCN)cc2)c1. The molecule has 0 radical (unpaired) electrons. The number of carbonyl (C=O) groups excluding carboxylic acids is 1. The van der Waals surface area contributed by atoms with Gasteiger partial charge in [-0.2, -0.15) is 0 Å². The molecule has 0 amide bonds. The largest absolute Gasteiger partial charge is 0.379 e. The fourth-order valence-electron chi connectivity index (χ4n) is 6.12. The molecule has 0 saturated heterocycles. The Morgan fingerprint density at radius 3 is 1.82 bits per heavy atom. The number of hydrogen-bond acceptors (Lipinski definition) is 7. The maximum atomic E-state index is 13.0. The summed E-state index contributed by atoms with van der Waals surface area (Å²) in [5.74, 6) is 1.02. The van der Waals surface area contributed by atoms with Crippen molar-refractivity contribution in [1.29, 1.82) is 0 Å². The number of Topliss-reactive ketones (excluding diaryl/α,β-unsaturated/α-hetero) is 1. The van der Waals surface area contributed by atoms with Crippen LogP contribution in [0.15, 0.2) is 91.0 Å². The molecule has 0 saturated carbocycles. The van der Waals surface area contributed by atoms with Crippen molar-refractivity contribution in [2.45, 2.75) is 33.2 Å². The first-order valence-corrected chi connectivity index (χ1v) is 17.4. The molecule has 5 rings (SSSR count). The predicted molar refractivity (Wildman–Crippen MR) is 206 cm³/mol. The van der Waals surface area contributed by atoms with Crippen LogP contribution in [0.2, 0.25) is 0 Å². The third kappa shape index (κ3) is 9.27. The Morgan fingerprint density at radius 2 is 1.26 bits per heavy atom. The zero-order valence-electron chi connectivity index (χ0n) is 30.4. The molecule has 4 aromatic carbocycles. The van der Waals surface area contributed by atoms with Gasteiger partial charge in [-0.15, -0.1) is 0 Å². The Bertz CT molecular complexity index is 1820. The van der Waals surface area contributed by atoms with Crippen molar-refractivity contribution < 1.29 is 14.3 Å². The van der Waals surface area contributed by atoms with Gasteiger partial charge in [0, 0.05) is 87.9 Å². The second-order valence-corrected chi connectivity index (χ2v) is 13.2. The average molecular weight is 674 g/mol. The maximum absolute atomic E-state index is 13.0. The van der Waals surface area contributed by atoms with Gasteiger partial charge in [0.1, 0.15) is 5.82 Å². The molecular weight excluding hydrogens is 622 g/mol. The molecule has 0 bridgehead atoms. The lowest BCUT2D eigenvalue weighted by Crippen LogP contribution is -2.12. The predicted octanol–water partition coefficient (Wildman–Crippen LogP) is 7.64. The lowest BCUT2D eigenvalue weighted by molar-refractivity contribution is 0.0489. The van der Waals surface area contributed by atoms with Crippen LogP contribution in [0, 0.1) is 13.8 Å². The third-order valence-electron chi connectivity index (χ3n) is 8.71. The fraction of sp³-hybridized carbons (Fsp3) is 0.333. The topological polar surface area (TPSA) is 85.9 Å². The second kappa shape index (κ2) is 17.3. The van der Waals surface area contributed by atoms with E-state index in [1.165, 1.54) is 11.1 Å². The van der Waals surface area contributed by atoms with E-state index < -0.39 is 0 Å². The molecular formula is C42H51N5O3. The monoisotopic (exact) mass is 673 g/mol. The molecule has 8 heteroatoms. The van der Waals surface area contributed by atoms with E-state index in [1.54, 1.807) is 0 Å². The molecule has 1 aromatic heterocycles. The number of rotatable bonds is 17. The summed E-state index contributed by atoms with van der Waals surface area (Å²) in [4.78, 5) is 22.6. The van der Waals surface area contributed by atoms with Gasteiger partial charge in [-0.3, -0.25) is 4.79 Å². The summed E-state index contributed by atoms with van der Waals surface area (Å²) in [7, 11) is 8.21. The van der Waals surface area contributed by atoms with Crippen LogP contribution in [-0.4, -0.2) is 76.5 Å². The van der Waals surface area contributed by atoms with Crippen LogP contribution >= 0.6 is 0 Å². The molecule has 2 N–H and O–H groups in total. The number of anilines is 2. The summed E-state index contributed by atoms with van der Waals surface area (Å²) in [5.41, 5.74) is 17.1. The van der Waals surface area contributed by atoms with Crippen molar-refractivity contribution in [3.8, 4) is 33.9 Å². The van der Waals surface area contributed by atoms with Crippen LogP contribution in [0.4, 0.5) is 11.4 Å². The first kappa shape index (κ1) is 36.5.